The second-order valence-electron chi connectivity index (χ2n) is 6.35. The van der Waals surface area contributed by atoms with Gasteiger partial charge in [0, 0.05) is 23.0 Å². The van der Waals surface area contributed by atoms with Crippen LogP contribution in [-0.4, -0.2) is 52.6 Å². The first-order valence-electron chi connectivity index (χ1n) is 8.88. The molecule has 0 radical (unpaired) electrons. The third kappa shape index (κ3) is 3.03. The Morgan fingerprint density at radius 2 is 1.97 bits per heavy atom. The molecule has 0 aliphatic carbocycles. The lowest BCUT2D eigenvalue weighted by Crippen LogP contribution is -2.06. The first kappa shape index (κ1) is 18.1. The fraction of sp³-hybridized carbons (Fsp3) is 0.105. The van der Waals surface area contributed by atoms with Crippen molar-refractivity contribution in [2.45, 2.75) is 6.42 Å². The highest BCUT2D eigenvalue weighted by molar-refractivity contribution is 6.30. The number of hydrogen-bond donors (Lipinski definition) is 0. The quantitative estimate of drug-likeness (QED) is 0.407. The molecule has 0 aliphatic heterocycles. The van der Waals surface area contributed by atoms with Gasteiger partial charge in [-0.2, -0.15) is 14.6 Å². The fourth-order valence-electron chi connectivity index (χ4n) is 3.05. The molecule has 5 rings (SSSR count). The van der Waals surface area contributed by atoms with E-state index < -0.39 is 5.97 Å². The highest BCUT2D eigenvalue weighted by atomic mass is 35.5. The first-order chi connectivity index (χ1) is 14.6. The summed E-state index contributed by atoms with van der Waals surface area (Å²) in [5.41, 5.74) is 2.81. The van der Waals surface area contributed by atoms with Gasteiger partial charge in [-0.3, -0.25) is 9.78 Å². The van der Waals surface area contributed by atoms with E-state index in [0.29, 0.717) is 39.2 Å². The summed E-state index contributed by atoms with van der Waals surface area (Å²) >= 11 is 6.03. The Morgan fingerprint density at radius 3 is 2.70 bits per heavy atom. The average Bonchev–Trinajstić information content (AvgIpc) is 3.36. The van der Waals surface area contributed by atoms with Crippen molar-refractivity contribution in [3.8, 4) is 17.1 Å². The summed E-state index contributed by atoms with van der Waals surface area (Å²) < 4.78 is 7.97. The molecule has 0 N–H and O–H groups in total. The van der Waals surface area contributed by atoms with Gasteiger partial charge in [0.25, 0.3) is 5.78 Å². The molecule has 0 atom stereocenters. The fourth-order valence-corrected chi connectivity index (χ4v) is 3.18. The van der Waals surface area contributed by atoms with Gasteiger partial charge in [-0.1, -0.05) is 11.6 Å². The third-order valence-corrected chi connectivity index (χ3v) is 4.72. The van der Waals surface area contributed by atoms with Gasteiger partial charge in [0.05, 0.1) is 19.2 Å². The Bertz CT molecular complexity index is 1380. The number of rotatable bonds is 4. The summed E-state index contributed by atoms with van der Waals surface area (Å²) in [6.45, 7) is 0. The van der Waals surface area contributed by atoms with Gasteiger partial charge in [-0.25, -0.2) is 4.68 Å². The average molecular weight is 421 g/mol. The smallest absolute Gasteiger partial charge is 0.311 e. The van der Waals surface area contributed by atoms with Crippen LogP contribution in [0.2, 0.25) is 5.02 Å². The van der Waals surface area contributed by atoms with Gasteiger partial charge in [0.1, 0.15) is 5.69 Å². The van der Waals surface area contributed by atoms with Crippen LogP contribution in [0.4, 0.5) is 0 Å². The minimum atomic E-state index is -0.436. The first-order valence-corrected chi connectivity index (χ1v) is 9.26. The third-order valence-electron chi connectivity index (χ3n) is 4.47. The van der Waals surface area contributed by atoms with E-state index in [1.165, 1.54) is 7.11 Å². The zero-order valence-electron chi connectivity index (χ0n) is 15.6. The van der Waals surface area contributed by atoms with Gasteiger partial charge in [-0.05, 0) is 36.4 Å². The number of fused-ring (bicyclic) bond motifs is 3. The predicted molar refractivity (Wildman–Crippen MR) is 107 cm³/mol. The van der Waals surface area contributed by atoms with E-state index in [4.69, 9.17) is 16.3 Å². The van der Waals surface area contributed by atoms with Crippen LogP contribution in [0, 0.1) is 0 Å². The molecule has 4 aromatic heterocycles. The molecule has 0 unspecified atom stereocenters. The van der Waals surface area contributed by atoms with Gasteiger partial charge >= 0.3 is 5.97 Å². The zero-order valence-corrected chi connectivity index (χ0v) is 16.4. The molecule has 0 bridgehead atoms. The second kappa shape index (κ2) is 7.16. The van der Waals surface area contributed by atoms with Crippen molar-refractivity contribution in [3.05, 3.63) is 59.5 Å². The molecular formula is C19H13ClN8O2. The van der Waals surface area contributed by atoms with E-state index >= 15 is 0 Å². The van der Waals surface area contributed by atoms with Crippen molar-refractivity contribution >= 4 is 34.5 Å². The van der Waals surface area contributed by atoms with E-state index in [2.05, 4.69) is 30.4 Å². The Morgan fingerprint density at radius 1 is 1.13 bits per heavy atom. The number of esters is 1. The van der Waals surface area contributed by atoms with Crippen molar-refractivity contribution in [1.29, 1.82) is 0 Å². The molecule has 148 valence electrons. The maximum atomic E-state index is 11.9. The second-order valence-corrected chi connectivity index (χ2v) is 6.79. The molecule has 0 saturated heterocycles. The summed E-state index contributed by atoms with van der Waals surface area (Å²) in [4.78, 5) is 20.4. The summed E-state index contributed by atoms with van der Waals surface area (Å²) in [6, 6.07) is 10.8. The zero-order chi connectivity index (χ0) is 20.7. The van der Waals surface area contributed by atoms with E-state index in [1.54, 1.807) is 39.8 Å². The molecule has 11 heteroatoms. The van der Waals surface area contributed by atoms with Crippen LogP contribution in [-0.2, 0) is 16.0 Å². The summed E-state index contributed by atoms with van der Waals surface area (Å²) in [7, 11) is 1.32. The van der Waals surface area contributed by atoms with Crippen LogP contribution in [0.1, 0.15) is 5.69 Å². The molecule has 30 heavy (non-hydrogen) atoms. The maximum absolute atomic E-state index is 11.9. The molecule has 0 fully saturated rings. The van der Waals surface area contributed by atoms with Crippen LogP contribution in [0.25, 0.3) is 34.0 Å². The van der Waals surface area contributed by atoms with Crippen molar-refractivity contribution in [2.24, 2.45) is 0 Å². The van der Waals surface area contributed by atoms with Gasteiger partial charge < -0.3 is 4.74 Å². The van der Waals surface area contributed by atoms with Crippen LogP contribution >= 0.6 is 11.6 Å². The minimum absolute atomic E-state index is 0.0576. The van der Waals surface area contributed by atoms with E-state index in [-0.39, 0.29) is 6.42 Å². The van der Waals surface area contributed by atoms with Gasteiger partial charge in [0.2, 0.25) is 0 Å². The molecule has 10 nitrogen and oxygen atoms in total. The highest BCUT2D eigenvalue weighted by Crippen LogP contribution is 2.23. The SMILES string of the molecule is COC(=O)Cc1nn(-c2ccc(Cl)cc2)c2c1nnc1nc(-c3cccnc3)nn12. The number of carbonyl (C=O) groups is 1. The predicted octanol–water partition coefficient (Wildman–Crippen LogP) is 2.29. The summed E-state index contributed by atoms with van der Waals surface area (Å²) in [6.07, 6.45) is 3.28. The Labute approximate surface area is 174 Å². The van der Waals surface area contributed by atoms with Crippen molar-refractivity contribution in [2.75, 3.05) is 7.11 Å². The molecular weight excluding hydrogens is 408 g/mol. The number of ether oxygens (including phenoxy) is 1. The molecule has 4 heterocycles. The maximum Gasteiger partial charge on any atom is 0.311 e. The standard InChI is InChI=1S/C19H13ClN8O2/c1-30-15(29)9-14-16-18(27(25-14)13-6-4-12(20)5-7-13)28-19(24-23-16)22-17(26-28)11-3-2-8-21-10-11/h2-8,10H,9H2,1H3. The van der Waals surface area contributed by atoms with Gasteiger partial charge in [0.15, 0.2) is 17.0 Å². The Balaban J connectivity index is 1.78. The number of hydrogen-bond acceptors (Lipinski definition) is 8. The number of benzene rings is 1. The minimum Gasteiger partial charge on any atom is -0.469 e. The number of aromatic nitrogens is 8. The Kier molecular flexibility index (Phi) is 4.32. The van der Waals surface area contributed by atoms with E-state index in [9.17, 15) is 4.79 Å². The van der Waals surface area contributed by atoms with Crippen LogP contribution in [0.3, 0.4) is 0 Å². The molecule has 1 aromatic carbocycles. The lowest BCUT2D eigenvalue weighted by atomic mass is 10.3. The van der Waals surface area contributed by atoms with Crippen molar-refractivity contribution < 1.29 is 9.53 Å². The van der Waals surface area contributed by atoms with Crippen molar-refractivity contribution in [3.63, 3.8) is 0 Å². The number of methoxy groups -OCH3 is 1. The topological polar surface area (TPSA) is 113 Å². The largest absolute Gasteiger partial charge is 0.469 e. The normalized spacial score (nSPS) is 11.3. The summed E-state index contributed by atoms with van der Waals surface area (Å²) in [5, 5.41) is 18.2. The lowest BCUT2D eigenvalue weighted by Gasteiger charge is -2.03. The molecule has 0 amide bonds. The van der Waals surface area contributed by atoms with E-state index in [0.717, 1.165) is 5.56 Å². The lowest BCUT2D eigenvalue weighted by molar-refractivity contribution is -0.139. The van der Waals surface area contributed by atoms with Gasteiger partial charge in [-0.15, -0.1) is 15.3 Å². The molecule has 0 spiro atoms. The van der Waals surface area contributed by atoms with Crippen LogP contribution in [0.5, 0.6) is 0 Å². The number of nitrogens with zero attached hydrogens (tertiary/aromatic N) is 8. The molecule has 5 aromatic rings. The number of pyridine rings is 1. The van der Waals surface area contributed by atoms with Crippen LogP contribution < -0.4 is 0 Å². The number of halogens is 1. The number of carbonyl (C=O) groups excluding carboxylic acids is 1. The molecule has 0 aliphatic rings. The Hall–Kier alpha value is -3.92. The van der Waals surface area contributed by atoms with E-state index in [1.807, 2.05) is 18.2 Å². The molecule has 0 saturated carbocycles. The van der Waals surface area contributed by atoms with Crippen molar-refractivity contribution in [1.82, 2.24) is 39.6 Å². The summed E-state index contributed by atoms with van der Waals surface area (Å²) in [5.74, 6) is 0.304. The highest BCUT2D eigenvalue weighted by Gasteiger charge is 2.22. The monoisotopic (exact) mass is 420 g/mol. The van der Waals surface area contributed by atoms with Crippen LogP contribution in [0.15, 0.2) is 48.8 Å².